The average molecular weight is 429 g/mol. The third-order valence-electron chi connectivity index (χ3n) is 5.58. The Balaban J connectivity index is 1.17. The molecule has 30 heavy (non-hydrogen) atoms. The predicted octanol–water partition coefficient (Wildman–Crippen LogP) is 3.60. The van der Waals surface area contributed by atoms with Gasteiger partial charge in [-0.1, -0.05) is 11.8 Å². The number of amides is 1. The molecule has 1 fully saturated rings. The average Bonchev–Trinajstić information content (AvgIpc) is 2.79. The van der Waals surface area contributed by atoms with Gasteiger partial charge in [0, 0.05) is 42.7 Å². The van der Waals surface area contributed by atoms with Crippen LogP contribution in [0.3, 0.4) is 0 Å². The summed E-state index contributed by atoms with van der Waals surface area (Å²) < 4.78 is 11.1. The van der Waals surface area contributed by atoms with Crippen molar-refractivity contribution < 1.29 is 14.3 Å². The smallest absolute Gasteiger partial charge is 0.224 e. The van der Waals surface area contributed by atoms with Crippen LogP contribution in [-0.4, -0.2) is 53.3 Å². The number of rotatable bonds is 7. The van der Waals surface area contributed by atoms with Crippen LogP contribution in [0.2, 0.25) is 0 Å². The monoisotopic (exact) mass is 428 g/mol. The molecule has 1 N–H and O–H groups in total. The summed E-state index contributed by atoms with van der Waals surface area (Å²) >= 11 is 1.56. The summed E-state index contributed by atoms with van der Waals surface area (Å²) in [6.07, 6.45) is 9.55. The van der Waals surface area contributed by atoms with Crippen LogP contribution in [0.4, 0.5) is 5.69 Å². The Hall–Kier alpha value is -2.32. The maximum Gasteiger partial charge on any atom is 0.224 e. The Kier molecular flexibility index (Phi) is 7.07. The van der Waals surface area contributed by atoms with Gasteiger partial charge in [0.25, 0.3) is 0 Å². The van der Waals surface area contributed by atoms with Gasteiger partial charge in [0.05, 0.1) is 0 Å². The quantitative estimate of drug-likeness (QED) is 0.533. The summed E-state index contributed by atoms with van der Waals surface area (Å²) in [6, 6.07) is 5.54. The van der Waals surface area contributed by atoms with Crippen molar-refractivity contribution in [3.63, 3.8) is 0 Å². The number of benzene rings is 1. The van der Waals surface area contributed by atoms with Crippen molar-refractivity contribution in [1.29, 1.82) is 0 Å². The third kappa shape index (κ3) is 5.64. The highest BCUT2D eigenvalue weighted by atomic mass is 32.2. The van der Waals surface area contributed by atoms with Crippen LogP contribution in [0, 0.1) is 5.92 Å². The van der Waals surface area contributed by atoms with Crippen molar-refractivity contribution in [2.24, 2.45) is 5.92 Å². The Morgan fingerprint density at radius 2 is 1.90 bits per heavy atom. The highest BCUT2D eigenvalue weighted by Gasteiger charge is 2.20. The lowest BCUT2D eigenvalue weighted by Crippen LogP contribution is -2.33. The molecule has 0 spiro atoms. The summed E-state index contributed by atoms with van der Waals surface area (Å²) in [7, 11) is 0. The van der Waals surface area contributed by atoms with E-state index >= 15 is 0 Å². The number of aromatic nitrogens is 2. The van der Waals surface area contributed by atoms with Gasteiger partial charge < -0.3 is 14.8 Å². The number of hydrogen-bond acceptors (Lipinski definition) is 7. The van der Waals surface area contributed by atoms with E-state index in [1.54, 1.807) is 11.8 Å². The summed E-state index contributed by atoms with van der Waals surface area (Å²) in [5.74, 6) is 2.08. The summed E-state index contributed by atoms with van der Waals surface area (Å²) in [5.41, 5.74) is 1.92. The molecular formula is C22H28N4O3S. The highest BCUT2D eigenvalue weighted by Crippen LogP contribution is 2.32. The van der Waals surface area contributed by atoms with E-state index in [1.807, 2.05) is 36.8 Å². The van der Waals surface area contributed by atoms with Gasteiger partial charge in [-0.2, -0.15) is 0 Å². The number of carbonyl (C=O) groups is 1. The van der Waals surface area contributed by atoms with Crippen molar-refractivity contribution in [2.75, 3.05) is 37.9 Å². The fourth-order valence-corrected chi connectivity index (χ4v) is 4.22. The number of nitrogens with one attached hydrogen (secondary N) is 1. The number of anilines is 1. The minimum Gasteiger partial charge on any atom is -0.486 e. The number of carbonyl (C=O) groups excluding carboxylic acids is 1. The van der Waals surface area contributed by atoms with Gasteiger partial charge in [-0.3, -0.25) is 9.69 Å². The van der Waals surface area contributed by atoms with Crippen molar-refractivity contribution in [3.05, 3.63) is 36.2 Å². The zero-order chi connectivity index (χ0) is 20.8. The van der Waals surface area contributed by atoms with Crippen LogP contribution >= 0.6 is 11.8 Å². The van der Waals surface area contributed by atoms with Gasteiger partial charge >= 0.3 is 0 Å². The first-order chi connectivity index (χ1) is 14.7. The maximum atomic E-state index is 12.4. The lowest BCUT2D eigenvalue weighted by molar-refractivity contribution is -0.116. The van der Waals surface area contributed by atoms with Crippen molar-refractivity contribution in [3.8, 4) is 11.5 Å². The molecule has 4 rings (SSSR count). The second kappa shape index (κ2) is 10.1. The lowest BCUT2D eigenvalue weighted by atomic mass is 9.92. The van der Waals surface area contributed by atoms with Crippen LogP contribution in [0.5, 0.6) is 11.5 Å². The minimum absolute atomic E-state index is 0.0557. The standard InChI is InChI=1S/C22H28N4O3S/c1-30-22-23-13-17(14-24-22)15-26-8-6-16(7-9-26)2-5-21(27)25-18-3-4-19-20(12-18)29-11-10-28-19/h3-4,12-14,16H,2,5-11,15H2,1H3,(H,25,27). The van der Waals surface area contributed by atoms with Crippen LogP contribution in [0.25, 0.3) is 0 Å². The molecule has 1 amide bonds. The first-order valence-corrected chi connectivity index (χ1v) is 11.7. The van der Waals surface area contributed by atoms with Crippen molar-refractivity contribution >= 4 is 23.4 Å². The van der Waals surface area contributed by atoms with E-state index in [1.165, 1.54) is 0 Å². The van der Waals surface area contributed by atoms with Crippen molar-refractivity contribution in [2.45, 2.75) is 37.4 Å². The fourth-order valence-electron chi connectivity index (χ4n) is 3.90. The van der Waals surface area contributed by atoms with E-state index in [0.29, 0.717) is 31.3 Å². The molecule has 0 radical (unpaired) electrons. The Bertz CT molecular complexity index is 854. The normalized spacial score (nSPS) is 17.0. The van der Waals surface area contributed by atoms with Crippen LogP contribution in [0.15, 0.2) is 35.7 Å². The van der Waals surface area contributed by atoms with Crippen LogP contribution < -0.4 is 14.8 Å². The number of fused-ring (bicyclic) bond motifs is 1. The van der Waals surface area contributed by atoms with Crippen LogP contribution in [-0.2, 0) is 11.3 Å². The SMILES string of the molecule is CSc1ncc(CN2CCC(CCC(=O)Nc3ccc4c(c3)OCCO4)CC2)cn1. The largest absolute Gasteiger partial charge is 0.486 e. The lowest BCUT2D eigenvalue weighted by Gasteiger charge is -2.31. The molecule has 160 valence electrons. The minimum atomic E-state index is 0.0557. The zero-order valence-electron chi connectivity index (χ0n) is 17.3. The Labute approximate surface area is 181 Å². The molecule has 0 aliphatic carbocycles. The first-order valence-electron chi connectivity index (χ1n) is 10.5. The van der Waals surface area contributed by atoms with Crippen LogP contribution in [0.1, 0.15) is 31.2 Å². The molecule has 7 nitrogen and oxygen atoms in total. The Morgan fingerprint density at radius 3 is 2.63 bits per heavy atom. The first kappa shape index (κ1) is 20.9. The van der Waals surface area contributed by atoms with Gasteiger partial charge in [-0.05, 0) is 56.7 Å². The Morgan fingerprint density at radius 1 is 1.17 bits per heavy atom. The van der Waals surface area contributed by atoms with Crippen molar-refractivity contribution in [1.82, 2.24) is 14.9 Å². The fraction of sp³-hybridized carbons (Fsp3) is 0.500. The molecule has 1 aromatic carbocycles. The number of nitrogens with zero attached hydrogens (tertiary/aromatic N) is 3. The molecule has 2 aliphatic rings. The summed E-state index contributed by atoms with van der Waals surface area (Å²) in [5, 5.41) is 3.79. The molecule has 0 bridgehead atoms. The van der Waals surface area contributed by atoms with Gasteiger partial charge in [0.15, 0.2) is 16.7 Å². The number of piperidine rings is 1. The van der Waals surface area contributed by atoms with E-state index in [2.05, 4.69) is 20.2 Å². The molecule has 1 saturated heterocycles. The number of hydrogen-bond donors (Lipinski definition) is 1. The zero-order valence-corrected chi connectivity index (χ0v) is 18.1. The molecule has 0 atom stereocenters. The second-order valence-corrected chi connectivity index (χ2v) is 8.52. The van der Waals surface area contributed by atoms with E-state index in [0.717, 1.165) is 61.1 Å². The highest BCUT2D eigenvalue weighted by molar-refractivity contribution is 7.98. The number of likely N-dealkylation sites (tertiary alicyclic amines) is 1. The molecule has 2 aliphatic heterocycles. The van der Waals surface area contributed by atoms with E-state index in [9.17, 15) is 4.79 Å². The van der Waals surface area contributed by atoms with Gasteiger partial charge in [0.1, 0.15) is 13.2 Å². The van der Waals surface area contributed by atoms with E-state index in [4.69, 9.17) is 9.47 Å². The maximum absolute atomic E-state index is 12.4. The topological polar surface area (TPSA) is 76.6 Å². The molecule has 0 saturated carbocycles. The summed E-state index contributed by atoms with van der Waals surface area (Å²) in [6.45, 7) is 4.11. The molecule has 8 heteroatoms. The van der Waals surface area contributed by atoms with E-state index in [-0.39, 0.29) is 5.91 Å². The van der Waals surface area contributed by atoms with Gasteiger partial charge in [-0.25, -0.2) is 9.97 Å². The van der Waals surface area contributed by atoms with Gasteiger partial charge in [-0.15, -0.1) is 0 Å². The number of ether oxygens (including phenoxy) is 2. The van der Waals surface area contributed by atoms with Gasteiger partial charge in [0.2, 0.25) is 5.91 Å². The molecule has 2 aromatic rings. The summed E-state index contributed by atoms with van der Waals surface area (Å²) in [4.78, 5) is 23.5. The second-order valence-electron chi connectivity index (χ2n) is 7.74. The number of thioether (sulfide) groups is 1. The molecule has 0 unspecified atom stereocenters. The molecule has 1 aromatic heterocycles. The molecular weight excluding hydrogens is 400 g/mol. The molecule has 3 heterocycles. The van der Waals surface area contributed by atoms with E-state index < -0.39 is 0 Å². The predicted molar refractivity (Wildman–Crippen MR) is 117 cm³/mol. The third-order valence-corrected chi connectivity index (χ3v) is 6.16.